The molecule has 0 unspecified atom stereocenters. The molecule has 4 heteroatoms. The summed E-state index contributed by atoms with van der Waals surface area (Å²) in [6.45, 7) is 0.736. The maximum absolute atomic E-state index is 5.65. The molecule has 0 aliphatic heterocycles. The Labute approximate surface area is 123 Å². The lowest BCUT2D eigenvalue weighted by molar-refractivity contribution is 0.285. The Morgan fingerprint density at radius 3 is 2.65 bits per heavy atom. The summed E-state index contributed by atoms with van der Waals surface area (Å²) in [7, 11) is 0. The molecule has 0 saturated carbocycles. The maximum atomic E-state index is 5.65. The summed E-state index contributed by atoms with van der Waals surface area (Å²) in [5.74, 6) is 0. The summed E-state index contributed by atoms with van der Waals surface area (Å²) in [6.07, 6.45) is 1.85. The number of hydrogen-bond donors (Lipinski definition) is 0. The van der Waals surface area contributed by atoms with E-state index in [1.54, 1.807) is 0 Å². The van der Waals surface area contributed by atoms with E-state index in [9.17, 15) is 0 Å². The molecule has 4 aromatic rings. The lowest BCUT2D eigenvalue weighted by atomic mass is 10.1. The van der Waals surface area contributed by atoms with Crippen molar-refractivity contribution in [2.24, 2.45) is 0 Å². The van der Waals surface area contributed by atoms with Gasteiger partial charge >= 0.3 is 0 Å². The van der Waals surface area contributed by atoms with Crippen molar-refractivity contribution in [3.05, 3.63) is 66.4 Å². The highest BCUT2D eigenvalue weighted by Crippen LogP contribution is 2.22. The number of benzene rings is 2. The van der Waals surface area contributed by atoms with Crippen molar-refractivity contribution in [3.8, 4) is 0 Å². The van der Waals surface area contributed by atoms with Gasteiger partial charge in [-0.05, 0) is 29.8 Å². The standard InChI is InChI=1S/C16H12N2O.H2S/c1-2-6-14-13(5-1)12(9-10-17-14)11-18-15-7-3-4-8-16(15)19-18;/h1-10H,11H2;1H2. The molecule has 0 bridgehead atoms. The molecule has 0 N–H and O–H groups in total. The zero-order chi connectivity index (χ0) is 12.7. The molecule has 2 aromatic heterocycles. The molecule has 0 amide bonds. The highest BCUT2D eigenvalue weighted by atomic mass is 32.1. The van der Waals surface area contributed by atoms with Crippen molar-refractivity contribution >= 4 is 35.5 Å². The SMILES string of the molecule is S.c1ccc2c(Cn3oc4ccccc43)ccnc2c1. The van der Waals surface area contributed by atoms with Crippen LogP contribution < -0.4 is 0 Å². The molecule has 3 nitrogen and oxygen atoms in total. The van der Waals surface area contributed by atoms with Crippen LogP contribution in [0.15, 0.2) is 65.3 Å². The molecule has 0 radical (unpaired) electrons. The van der Waals surface area contributed by atoms with E-state index in [4.69, 9.17) is 4.52 Å². The third-order valence-corrected chi connectivity index (χ3v) is 3.40. The van der Waals surface area contributed by atoms with Gasteiger partial charge in [-0.15, -0.1) is 0 Å². The zero-order valence-electron chi connectivity index (χ0n) is 10.8. The van der Waals surface area contributed by atoms with Gasteiger partial charge in [-0.3, -0.25) is 4.98 Å². The number of para-hydroxylation sites is 3. The Kier molecular flexibility index (Phi) is 3.24. The number of hydrogen-bond acceptors (Lipinski definition) is 2. The lowest BCUT2D eigenvalue weighted by Gasteiger charge is -2.14. The first-order chi connectivity index (χ1) is 9.42. The first-order valence-electron chi connectivity index (χ1n) is 6.29. The van der Waals surface area contributed by atoms with E-state index >= 15 is 0 Å². The fraction of sp³-hybridized carbons (Fsp3) is 0.0625. The van der Waals surface area contributed by atoms with Gasteiger partial charge in [-0.1, -0.05) is 30.3 Å². The van der Waals surface area contributed by atoms with Gasteiger partial charge in [-0.25, -0.2) is 4.74 Å². The summed E-state index contributed by atoms with van der Waals surface area (Å²) in [5.41, 5.74) is 4.33. The summed E-state index contributed by atoms with van der Waals surface area (Å²) in [4.78, 5) is 4.38. The average Bonchev–Trinajstić information content (AvgIpc) is 2.45. The normalized spacial score (nSPS) is 10.8. The molecule has 0 aliphatic carbocycles. The van der Waals surface area contributed by atoms with Gasteiger partial charge < -0.3 is 4.52 Å². The molecule has 0 fully saturated rings. The van der Waals surface area contributed by atoms with Crippen molar-refractivity contribution in [2.75, 3.05) is 0 Å². The number of rotatable bonds is 2. The fourth-order valence-corrected chi connectivity index (χ4v) is 2.43. The highest BCUT2D eigenvalue weighted by molar-refractivity contribution is 7.59. The topological polar surface area (TPSA) is 31.0 Å². The van der Waals surface area contributed by atoms with E-state index in [1.807, 2.05) is 53.4 Å². The zero-order valence-corrected chi connectivity index (χ0v) is 11.8. The van der Waals surface area contributed by atoms with Crippen molar-refractivity contribution in [1.29, 1.82) is 0 Å². The quantitative estimate of drug-likeness (QED) is 0.557. The Hall–Kier alpha value is -2.20. The van der Waals surface area contributed by atoms with Gasteiger partial charge in [0.2, 0.25) is 0 Å². The van der Waals surface area contributed by atoms with Gasteiger partial charge in [-0.2, -0.15) is 13.5 Å². The van der Waals surface area contributed by atoms with Gasteiger partial charge in [0.15, 0.2) is 5.58 Å². The number of pyridine rings is 1. The monoisotopic (exact) mass is 282 g/mol. The lowest BCUT2D eigenvalue weighted by Crippen LogP contribution is -2.06. The van der Waals surface area contributed by atoms with Crippen LogP contribution in [0.1, 0.15) is 5.56 Å². The van der Waals surface area contributed by atoms with Crippen LogP contribution in [0, 0.1) is 0 Å². The molecule has 2 aromatic carbocycles. The molecule has 2 heterocycles. The van der Waals surface area contributed by atoms with Crippen molar-refractivity contribution < 1.29 is 4.52 Å². The third kappa shape index (κ3) is 1.98. The van der Waals surface area contributed by atoms with Crippen LogP contribution in [0.3, 0.4) is 0 Å². The molecule has 0 aliphatic rings. The number of fused-ring (bicyclic) bond motifs is 2. The Balaban J connectivity index is 0.00000121. The Morgan fingerprint density at radius 2 is 1.75 bits per heavy atom. The predicted octanol–water partition coefficient (Wildman–Crippen LogP) is 3.94. The molecular formula is C16H14N2OS. The van der Waals surface area contributed by atoms with E-state index in [2.05, 4.69) is 17.1 Å². The van der Waals surface area contributed by atoms with E-state index in [1.165, 1.54) is 10.9 Å². The molecule has 20 heavy (non-hydrogen) atoms. The Morgan fingerprint density at radius 1 is 0.950 bits per heavy atom. The van der Waals surface area contributed by atoms with Crippen LogP contribution in [0.4, 0.5) is 0 Å². The van der Waals surface area contributed by atoms with E-state index in [-0.39, 0.29) is 13.5 Å². The van der Waals surface area contributed by atoms with Crippen LogP contribution in [0.25, 0.3) is 22.0 Å². The average molecular weight is 282 g/mol. The first kappa shape index (κ1) is 12.8. The van der Waals surface area contributed by atoms with Crippen LogP contribution in [-0.4, -0.2) is 9.72 Å². The van der Waals surface area contributed by atoms with E-state index in [0.717, 1.165) is 23.2 Å². The summed E-state index contributed by atoms with van der Waals surface area (Å²) < 4.78 is 7.56. The molecule has 0 saturated heterocycles. The first-order valence-corrected chi connectivity index (χ1v) is 6.29. The van der Waals surface area contributed by atoms with Crippen LogP contribution in [-0.2, 0) is 6.54 Å². The second-order valence-corrected chi connectivity index (χ2v) is 4.58. The van der Waals surface area contributed by atoms with Gasteiger partial charge in [0.25, 0.3) is 0 Å². The van der Waals surface area contributed by atoms with E-state index in [0.29, 0.717) is 0 Å². The minimum Gasteiger partial charge on any atom is -0.377 e. The largest absolute Gasteiger partial charge is 0.377 e. The molecule has 100 valence electrons. The van der Waals surface area contributed by atoms with Crippen molar-refractivity contribution in [1.82, 2.24) is 9.72 Å². The highest BCUT2D eigenvalue weighted by Gasteiger charge is 2.09. The summed E-state index contributed by atoms with van der Waals surface area (Å²) in [5, 5.41) is 1.18. The molecule has 4 rings (SSSR count). The molecule has 0 spiro atoms. The minimum absolute atomic E-state index is 0. The fourth-order valence-electron chi connectivity index (χ4n) is 2.43. The predicted molar refractivity (Wildman–Crippen MR) is 85.4 cm³/mol. The van der Waals surface area contributed by atoms with Crippen molar-refractivity contribution in [2.45, 2.75) is 6.54 Å². The second-order valence-electron chi connectivity index (χ2n) is 4.58. The van der Waals surface area contributed by atoms with Crippen LogP contribution in [0.2, 0.25) is 0 Å². The second kappa shape index (κ2) is 5.06. The van der Waals surface area contributed by atoms with E-state index < -0.39 is 0 Å². The summed E-state index contributed by atoms with van der Waals surface area (Å²) in [6, 6.07) is 18.3. The van der Waals surface area contributed by atoms with Gasteiger partial charge in [0.05, 0.1) is 12.1 Å². The molecular weight excluding hydrogens is 268 g/mol. The van der Waals surface area contributed by atoms with Crippen LogP contribution in [0.5, 0.6) is 0 Å². The van der Waals surface area contributed by atoms with Crippen molar-refractivity contribution in [3.63, 3.8) is 0 Å². The molecule has 0 atom stereocenters. The Bertz CT molecular complexity index is 858. The minimum atomic E-state index is 0. The number of nitrogens with zero attached hydrogens (tertiary/aromatic N) is 2. The third-order valence-electron chi connectivity index (χ3n) is 3.40. The maximum Gasteiger partial charge on any atom is 0.181 e. The van der Waals surface area contributed by atoms with Crippen LogP contribution >= 0.6 is 13.5 Å². The smallest absolute Gasteiger partial charge is 0.181 e. The summed E-state index contributed by atoms with van der Waals surface area (Å²) >= 11 is 0. The van der Waals surface area contributed by atoms with Gasteiger partial charge in [0.1, 0.15) is 5.52 Å². The number of aromatic nitrogens is 2. The van der Waals surface area contributed by atoms with Gasteiger partial charge in [0, 0.05) is 11.6 Å².